The zero-order valence-electron chi connectivity index (χ0n) is 14.5. The summed E-state index contributed by atoms with van der Waals surface area (Å²) in [5.41, 5.74) is 2.16. The van der Waals surface area contributed by atoms with Crippen LogP contribution in [0.4, 0.5) is 0 Å². The van der Waals surface area contributed by atoms with Crippen LogP contribution in [-0.2, 0) is 11.2 Å². The number of ether oxygens (including phenoxy) is 2. The normalized spacial score (nSPS) is 11.6. The summed E-state index contributed by atoms with van der Waals surface area (Å²) in [6, 6.07) is 15.7. The fraction of sp³-hybridized carbons (Fsp3) is 0.350. The van der Waals surface area contributed by atoms with Crippen LogP contribution in [0, 0.1) is 0 Å². The number of carbonyl (C=O) groups excluding carboxylic acids is 1. The van der Waals surface area contributed by atoms with Crippen LogP contribution in [0.25, 0.3) is 0 Å². The van der Waals surface area contributed by atoms with E-state index < -0.39 is 0 Å². The molecule has 0 aromatic heterocycles. The second-order valence-electron chi connectivity index (χ2n) is 5.60. The second-order valence-corrected chi connectivity index (χ2v) is 5.60. The summed E-state index contributed by atoms with van der Waals surface area (Å²) in [6.45, 7) is 2.63. The molecular weight excluding hydrogens is 302 g/mol. The number of rotatable bonds is 8. The van der Waals surface area contributed by atoms with Crippen molar-refractivity contribution in [1.82, 2.24) is 5.32 Å². The Hall–Kier alpha value is -2.49. The highest BCUT2D eigenvalue weighted by atomic mass is 16.5. The fourth-order valence-electron chi connectivity index (χ4n) is 2.75. The van der Waals surface area contributed by atoms with Crippen molar-refractivity contribution in [3.05, 3.63) is 59.7 Å². The zero-order valence-corrected chi connectivity index (χ0v) is 14.5. The second kappa shape index (κ2) is 8.96. The molecule has 0 aliphatic carbocycles. The lowest BCUT2D eigenvalue weighted by Crippen LogP contribution is -2.30. The predicted octanol–water partition coefficient (Wildman–Crippen LogP) is 3.56. The molecule has 0 heterocycles. The first-order valence-corrected chi connectivity index (χ1v) is 8.23. The average molecular weight is 327 g/mol. The van der Waals surface area contributed by atoms with Gasteiger partial charge >= 0.3 is 0 Å². The van der Waals surface area contributed by atoms with Crippen molar-refractivity contribution in [2.45, 2.75) is 25.7 Å². The summed E-state index contributed by atoms with van der Waals surface area (Å²) >= 11 is 0. The summed E-state index contributed by atoms with van der Waals surface area (Å²) in [5, 5.41) is 3.04. The Labute approximate surface area is 143 Å². The van der Waals surface area contributed by atoms with E-state index in [1.54, 1.807) is 14.2 Å². The molecule has 0 aliphatic heterocycles. The van der Waals surface area contributed by atoms with Gasteiger partial charge in [0.2, 0.25) is 5.91 Å². The molecule has 2 rings (SSSR count). The van der Waals surface area contributed by atoms with E-state index in [1.165, 1.54) is 0 Å². The van der Waals surface area contributed by atoms with Crippen molar-refractivity contribution >= 4 is 5.91 Å². The maximum atomic E-state index is 12.4. The zero-order chi connectivity index (χ0) is 17.4. The SMILES string of the molecule is CCC(C(=O)NCCc1ccc(OC)c(OC)c1)c1ccccc1. The van der Waals surface area contributed by atoms with Crippen LogP contribution in [0.5, 0.6) is 11.5 Å². The van der Waals surface area contributed by atoms with E-state index in [1.807, 2.05) is 55.5 Å². The van der Waals surface area contributed by atoms with Gasteiger partial charge in [0.25, 0.3) is 0 Å². The molecule has 0 aliphatic rings. The fourth-order valence-corrected chi connectivity index (χ4v) is 2.75. The maximum Gasteiger partial charge on any atom is 0.227 e. The summed E-state index contributed by atoms with van der Waals surface area (Å²) in [4.78, 5) is 12.4. The molecule has 0 fully saturated rings. The summed E-state index contributed by atoms with van der Waals surface area (Å²) in [5.74, 6) is 1.39. The van der Waals surface area contributed by atoms with Gasteiger partial charge in [-0.2, -0.15) is 0 Å². The Balaban J connectivity index is 1.92. The van der Waals surface area contributed by atoms with Crippen LogP contribution in [0.1, 0.15) is 30.4 Å². The van der Waals surface area contributed by atoms with Crippen LogP contribution < -0.4 is 14.8 Å². The summed E-state index contributed by atoms with van der Waals surface area (Å²) in [7, 11) is 3.24. The van der Waals surface area contributed by atoms with Crippen LogP contribution in [0.3, 0.4) is 0 Å². The Kier molecular flexibility index (Phi) is 6.67. The Bertz CT molecular complexity index is 655. The molecule has 1 unspecified atom stereocenters. The minimum atomic E-state index is -0.100. The molecule has 128 valence electrons. The molecule has 2 aromatic carbocycles. The maximum absolute atomic E-state index is 12.4. The largest absolute Gasteiger partial charge is 0.493 e. The molecule has 1 amide bonds. The summed E-state index contributed by atoms with van der Waals surface area (Å²) < 4.78 is 10.5. The number of nitrogens with one attached hydrogen (secondary N) is 1. The molecule has 0 saturated carbocycles. The van der Waals surface area contributed by atoms with E-state index in [2.05, 4.69) is 5.32 Å². The molecule has 1 N–H and O–H groups in total. The number of methoxy groups -OCH3 is 2. The highest BCUT2D eigenvalue weighted by molar-refractivity contribution is 5.83. The van der Waals surface area contributed by atoms with Crippen LogP contribution >= 0.6 is 0 Å². The van der Waals surface area contributed by atoms with Gasteiger partial charge in [0.05, 0.1) is 20.1 Å². The third kappa shape index (κ3) is 4.51. The van der Waals surface area contributed by atoms with Crippen LogP contribution in [-0.4, -0.2) is 26.7 Å². The van der Waals surface area contributed by atoms with Gasteiger partial charge in [-0.05, 0) is 36.1 Å². The Morgan fingerprint density at radius 1 is 1.04 bits per heavy atom. The van der Waals surface area contributed by atoms with E-state index in [4.69, 9.17) is 9.47 Å². The van der Waals surface area contributed by atoms with E-state index in [0.717, 1.165) is 24.0 Å². The molecule has 4 nitrogen and oxygen atoms in total. The molecule has 1 atom stereocenters. The lowest BCUT2D eigenvalue weighted by molar-refractivity contribution is -0.122. The first-order valence-electron chi connectivity index (χ1n) is 8.23. The first-order chi connectivity index (χ1) is 11.7. The molecule has 4 heteroatoms. The van der Waals surface area contributed by atoms with Crippen molar-refractivity contribution in [3.8, 4) is 11.5 Å². The van der Waals surface area contributed by atoms with Gasteiger partial charge in [-0.15, -0.1) is 0 Å². The number of hydrogen-bond donors (Lipinski definition) is 1. The molecule has 24 heavy (non-hydrogen) atoms. The Morgan fingerprint density at radius 3 is 2.38 bits per heavy atom. The van der Waals surface area contributed by atoms with E-state index in [-0.39, 0.29) is 11.8 Å². The lowest BCUT2D eigenvalue weighted by Gasteiger charge is -2.15. The predicted molar refractivity (Wildman–Crippen MR) is 95.7 cm³/mol. The highest BCUT2D eigenvalue weighted by Gasteiger charge is 2.17. The van der Waals surface area contributed by atoms with Gasteiger partial charge in [0.15, 0.2) is 11.5 Å². The minimum absolute atomic E-state index is 0.0733. The van der Waals surface area contributed by atoms with E-state index >= 15 is 0 Å². The van der Waals surface area contributed by atoms with E-state index in [0.29, 0.717) is 18.0 Å². The lowest BCUT2D eigenvalue weighted by atomic mass is 9.95. The highest BCUT2D eigenvalue weighted by Crippen LogP contribution is 2.27. The molecular formula is C20H25NO3. The van der Waals surface area contributed by atoms with Gasteiger partial charge in [-0.25, -0.2) is 0 Å². The van der Waals surface area contributed by atoms with Crippen molar-refractivity contribution in [2.24, 2.45) is 0 Å². The van der Waals surface area contributed by atoms with Crippen molar-refractivity contribution < 1.29 is 14.3 Å². The molecule has 0 bridgehead atoms. The van der Waals surface area contributed by atoms with Crippen LogP contribution in [0.15, 0.2) is 48.5 Å². The third-order valence-electron chi connectivity index (χ3n) is 4.09. The van der Waals surface area contributed by atoms with Gasteiger partial charge in [-0.1, -0.05) is 43.3 Å². The average Bonchev–Trinajstić information content (AvgIpc) is 2.63. The standard InChI is InChI=1S/C20H25NO3/c1-4-17(16-8-6-5-7-9-16)20(22)21-13-12-15-10-11-18(23-2)19(14-15)24-3/h5-11,14,17H,4,12-13H2,1-3H3,(H,21,22). The van der Waals surface area contributed by atoms with Gasteiger partial charge in [0, 0.05) is 6.54 Å². The van der Waals surface area contributed by atoms with Crippen molar-refractivity contribution in [2.75, 3.05) is 20.8 Å². The number of amides is 1. The number of hydrogen-bond acceptors (Lipinski definition) is 3. The van der Waals surface area contributed by atoms with Crippen molar-refractivity contribution in [1.29, 1.82) is 0 Å². The van der Waals surface area contributed by atoms with Crippen molar-refractivity contribution in [3.63, 3.8) is 0 Å². The quantitative estimate of drug-likeness (QED) is 0.806. The molecule has 2 aromatic rings. The van der Waals surface area contributed by atoms with Gasteiger partial charge in [-0.3, -0.25) is 4.79 Å². The molecule has 0 saturated heterocycles. The molecule has 0 radical (unpaired) electrons. The monoisotopic (exact) mass is 327 g/mol. The minimum Gasteiger partial charge on any atom is -0.493 e. The van der Waals surface area contributed by atoms with Gasteiger partial charge in [0.1, 0.15) is 0 Å². The summed E-state index contributed by atoms with van der Waals surface area (Å²) in [6.07, 6.45) is 1.53. The van der Waals surface area contributed by atoms with Crippen LogP contribution in [0.2, 0.25) is 0 Å². The number of carbonyl (C=O) groups is 1. The van der Waals surface area contributed by atoms with E-state index in [9.17, 15) is 4.79 Å². The van der Waals surface area contributed by atoms with Gasteiger partial charge < -0.3 is 14.8 Å². The first kappa shape index (κ1) is 17.9. The topological polar surface area (TPSA) is 47.6 Å². The molecule has 0 spiro atoms. The smallest absolute Gasteiger partial charge is 0.227 e. The number of benzene rings is 2. The Morgan fingerprint density at radius 2 is 1.75 bits per heavy atom. The third-order valence-corrected chi connectivity index (χ3v) is 4.09.